The van der Waals surface area contributed by atoms with Gasteiger partial charge in [0.25, 0.3) is 0 Å². The van der Waals surface area contributed by atoms with Crippen molar-refractivity contribution in [2.24, 2.45) is 0 Å². The molecule has 0 radical (unpaired) electrons. The summed E-state index contributed by atoms with van der Waals surface area (Å²) in [5, 5.41) is 2.24. The van der Waals surface area contributed by atoms with E-state index in [0.29, 0.717) is 12.8 Å². The van der Waals surface area contributed by atoms with Crippen LogP contribution >= 0.6 is 23.2 Å². The van der Waals surface area contributed by atoms with Crippen LogP contribution in [-0.4, -0.2) is 43.2 Å². The van der Waals surface area contributed by atoms with Gasteiger partial charge in [0.1, 0.15) is 28.8 Å². The van der Waals surface area contributed by atoms with Crippen LogP contribution in [0.5, 0.6) is 5.75 Å². The Bertz CT molecular complexity index is 1480. The number of carbonyl (C=O) groups excluding carboxylic acids is 1. The van der Waals surface area contributed by atoms with Crippen molar-refractivity contribution in [1.82, 2.24) is 14.6 Å². The number of pyridine rings is 1. The Hall–Kier alpha value is -2.60. The summed E-state index contributed by atoms with van der Waals surface area (Å²) in [5.41, 5.74) is -0.575. The van der Waals surface area contributed by atoms with Gasteiger partial charge in [0.05, 0.1) is 10.6 Å². The summed E-state index contributed by atoms with van der Waals surface area (Å²) >= 11 is 12.8. The Kier molecular flexibility index (Phi) is 7.62. The first-order chi connectivity index (χ1) is 17.4. The zero-order valence-corrected chi connectivity index (χ0v) is 22.0. The van der Waals surface area contributed by atoms with Crippen molar-refractivity contribution >= 4 is 50.0 Å². The average molecular weight is 576 g/mol. The number of fused-ring (bicyclic) bond motifs is 1. The number of rotatable bonds is 6. The number of halogens is 5. The molecule has 7 nitrogen and oxygen atoms in total. The standard InChI is InChI=1S/C24H22Cl2F3N3O4S/c1-13-11-16(24(27,28)29)14-5-3-7-19(22(14)31-13)36-12-15-17(25)8-9-20(21(15)26)37(34,35)32-10-4-6-18(32)23(33)30-2/h3,5,7-9,11,18H,4,6,10,12H2,1-2H3,(H,30,33)/t18-/m0/s1. The Morgan fingerprint density at radius 2 is 1.97 bits per heavy atom. The molecule has 4 rings (SSSR count). The van der Waals surface area contributed by atoms with E-state index in [1.165, 1.54) is 44.3 Å². The normalized spacial score (nSPS) is 16.8. The summed E-state index contributed by atoms with van der Waals surface area (Å²) in [4.78, 5) is 16.2. The minimum Gasteiger partial charge on any atom is -0.487 e. The van der Waals surface area contributed by atoms with E-state index in [9.17, 15) is 26.4 Å². The molecule has 198 valence electrons. The first kappa shape index (κ1) is 27.4. The highest BCUT2D eigenvalue weighted by atomic mass is 35.5. The van der Waals surface area contributed by atoms with Gasteiger partial charge >= 0.3 is 6.18 Å². The minimum atomic E-state index is -4.60. The maximum Gasteiger partial charge on any atom is 0.417 e. The summed E-state index contributed by atoms with van der Waals surface area (Å²) in [7, 11) is -2.74. The number of carbonyl (C=O) groups is 1. The number of aryl methyl sites for hydroxylation is 1. The van der Waals surface area contributed by atoms with Crippen molar-refractivity contribution in [3.63, 3.8) is 0 Å². The van der Waals surface area contributed by atoms with Gasteiger partial charge in [-0.2, -0.15) is 17.5 Å². The zero-order chi connectivity index (χ0) is 27.1. The number of benzene rings is 2. The van der Waals surface area contributed by atoms with E-state index in [4.69, 9.17) is 27.9 Å². The van der Waals surface area contributed by atoms with Gasteiger partial charge in [0.15, 0.2) is 0 Å². The molecule has 0 bridgehead atoms. The fourth-order valence-electron chi connectivity index (χ4n) is 4.34. The van der Waals surface area contributed by atoms with Crippen molar-refractivity contribution in [2.75, 3.05) is 13.6 Å². The molecule has 1 atom stereocenters. The van der Waals surface area contributed by atoms with Crippen LogP contribution in [0.2, 0.25) is 10.0 Å². The molecule has 37 heavy (non-hydrogen) atoms. The van der Waals surface area contributed by atoms with Gasteiger partial charge in [0.2, 0.25) is 15.9 Å². The van der Waals surface area contributed by atoms with Crippen molar-refractivity contribution < 1.29 is 31.1 Å². The second-order valence-electron chi connectivity index (χ2n) is 8.48. The van der Waals surface area contributed by atoms with E-state index in [-0.39, 0.29) is 56.0 Å². The topological polar surface area (TPSA) is 88.6 Å². The molecule has 0 unspecified atom stereocenters. The zero-order valence-electron chi connectivity index (χ0n) is 19.7. The lowest BCUT2D eigenvalue weighted by molar-refractivity contribution is -0.136. The minimum absolute atomic E-state index is 0.00340. The number of ether oxygens (including phenoxy) is 1. The van der Waals surface area contributed by atoms with Gasteiger partial charge in [0, 0.05) is 35.3 Å². The van der Waals surface area contributed by atoms with E-state index in [2.05, 4.69) is 10.3 Å². The van der Waals surface area contributed by atoms with Gasteiger partial charge in [-0.05, 0) is 44.0 Å². The van der Waals surface area contributed by atoms with Crippen LogP contribution in [0.25, 0.3) is 10.9 Å². The first-order valence-corrected chi connectivity index (χ1v) is 13.4. The highest BCUT2D eigenvalue weighted by molar-refractivity contribution is 7.89. The second-order valence-corrected chi connectivity index (χ2v) is 11.1. The number of hydrogen-bond acceptors (Lipinski definition) is 5. The summed E-state index contributed by atoms with van der Waals surface area (Å²) in [6, 6.07) is 6.84. The Balaban J connectivity index is 1.70. The van der Waals surface area contributed by atoms with E-state index >= 15 is 0 Å². The maximum absolute atomic E-state index is 13.6. The molecule has 0 aliphatic carbocycles. The number of nitrogens with one attached hydrogen (secondary N) is 1. The summed E-state index contributed by atoms with van der Waals surface area (Å²) < 4.78 is 74.5. The van der Waals surface area contributed by atoms with Crippen molar-refractivity contribution in [1.29, 1.82) is 0 Å². The summed E-state index contributed by atoms with van der Waals surface area (Å²) in [5.74, 6) is -0.377. The summed E-state index contributed by atoms with van der Waals surface area (Å²) in [6.45, 7) is 1.25. The highest BCUT2D eigenvalue weighted by Gasteiger charge is 2.40. The molecule has 1 aliphatic rings. The molecule has 2 heterocycles. The Labute approximate surface area is 221 Å². The van der Waals surface area contributed by atoms with Crippen LogP contribution in [0.4, 0.5) is 13.2 Å². The molecule has 0 saturated carbocycles. The fourth-order valence-corrected chi connectivity index (χ4v) is 6.86. The monoisotopic (exact) mass is 575 g/mol. The molecule has 2 aromatic carbocycles. The van der Waals surface area contributed by atoms with Gasteiger partial charge in [-0.15, -0.1) is 0 Å². The van der Waals surface area contributed by atoms with Crippen molar-refractivity contribution in [3.05, 3.63) is 63.3 Å². The third-order valence-corrected chi connectivity index (χ3v) is 8.95. The lowest BCUT2D eigenvalue weighted by atomic mass is 10.1. The molecule has 13 heteroatoms. The van der Waals surface area contributed by atoms with Crippen LogP contribution in [0.1, 0.15) is 29.7 Å². The Morgan fingerprint density at radius 1 is 1.24 bits per heavy atom. The molecular weight excluding hydrogens is 554 g/mol. The summed E-state index contributed by atoms with van der Waals surface area (Å²) in [6.07, 6.45) is -3.72. The number of para-hydroxylation sites is 1. The van der Waals surface area contributed by atoms with Crippen LogP contribution in [-0.2, 0) is 27.6 Å². The Morgan fingerprint density at radius 3 is 2.65 bits per heavy atom. The molecule has 1 N–H and O–H groups in total. The third-order valence-electron chi connectivity index (χ3n) is 6.10. The third kappa shape index (κ3) is 5.22. The molecule has 0 spiro atoms. The van der Waals surface area contributed by atoms with Gasteiger partial charge in [-0.25, -0.2) is 13.4 Å². The smallest absolute Gasteiger partial charge is 0.417 e. The highest BCUT2D eigenvalue weighted by Crippen LogP contribution is 2.39. The lowest BCUT2D eigenvalue weighted by Crippen LogP contribution is -2.44. The molecule has 1 aliphatic heterocycles. The SMILES string of the molecule is CNC(=O)[C@@H]1CCCN1S(=O)(=O)c1ccc(Cl)c(COc2cccc3c(C(F)(F)F)cc(C)nc23)c1Cl. The van der Waals surface area contributed by atoms with Gasteiger partial charge in [-0.1, -0.05) is 35.3 Å². The van der Waals surface area contributed by atoms with Crippen LogP contribution < -0.4 is 10.1 Å². The number of nitrogens with zero attached hydrogens (tertiary/aromatic N) is 2. The fraction of sp³-hybridized carbons (Fsp3) is 0.333. The van der Waals surface area contributed by atoms with E-state index in [0.717, 1.165) is 10.4 Å². The van der Waals surface area contributed by atoms with Crippen LogP contribution in [0, 0.1) is 6.92 Å². The quantitative estimate of drug-likeness (QED) is 0.428. The predicted molar refractivity (Wildman–Crippen MR) is 133 cm³/mol. The molecule has 1 fully saturated rings. The van der Waals surface area contributed by atoms with E-state index in [1.54, 1.807) is 0 Å². The maximum atomic E-state index is 13.6. The number of likely N-dealkylation sites (N-methyl/N-ethyl adjacent to an activating group) is 1. The molecule has 3 aromatic rings. The largest absolute Gasteiger partial charge is 0.487 e. The number of hydrogen-bond donors (Lipinski definition) is 1. The van der Waals surface area contributed by atoms with Crippen molar-refractivity contribution in [2.45, 2.75) is 43.5 Å². The number of sulfonamides is 1. The molecule has 1 aromatic heterocycles. The number of alkyl halides is 3. The second kappa shape index (κ2) is 10.3. The molecular formula is C24H22Cl2F3N3O4S. The van der Waals surface area contributed by atoms with Crippen molar-refractivity contribution in [3.8, 4) is 5.75 Å². The van der Waals surface area contributed by atoms with E-state index in [1.807, 2.05) is 0 Å². The van der Waals surface area contributed by atoms with Gasteiger partial charge in [-0.3, -0.25) is 4.79 Å². The predicted octanol–water partition coefficient (Wildman–Crippen LogP) is 5.35. The average Bonchev–Trinajstić information content (AvgIpc) is 3.33. The molecule has 1 saturated heterocycles. The number of amides is 1. The molecule has 1 amide bonds. The number of aromatic nitrogens is 1. The lowest BCUT2D eigenvalue weighted by Gasteiger charge is -2.24. The van der Waals surface area contributed by atoms with Gasteiger partial charge < -0.3 is 10.1 Å². The first-order valence-electron chi connectivity index (χ1n) is 11.2. The van der Waals surface area contributed by atoms with Crippen LogP contribution in [0.15, 0.2) is 41.3 Å². The van der Waals surface area contributed by atoms with E-state index < -0.39 is 33.7 Å². The van der Waals surface area contributed by atoms with Crippen LogP contribution in [0.3, 0.4) is 0 Å².